The lowest BCUT2D eigenvalue weighted by Gasteiger charge is -2.18. The van der Waals surface area contributed by atoms with E-state index in [0.717, 1.165) is 31.4 Å². The average molecular weight is 422 g/mol. The number of nitrogens with zero attached hydrogens (tertiary/aromatic N) is 3. The molecule has 10 heteroatoms. The fourth-order valence-electron chi connectivity index (χ4n) is 3.08. The Morgan fingerprint density at radius 1 is 1.16 bits per heavy atom. The molecule has 2 aliphatic rings. The lowest BCUT2D eigenvalue weighted by atomic mass is 10.1. The fourth-order valence-corrected chi connectivity index (χ4v) is 3.08. The van der Waals surface area contributed by atoms with E-state index in [9.17, 15) is 9.59 Å². The molecule has 10 nitrogen and oxygen atoms in total. The Hall–Kier alpha value is -3.53. The number of rotatable bonds is 9. The SMILES string of the molecule is CN/C=C(/NC(=O)c1nc(C2CC2)ccc1Nc1cncnc1)C(N)C(=O)NC1CC1. The molecule has 162 valence electrons. The number of hydrogen-bond donors (Lipinski definition) is 5. The van der Waals surface area contributed by atoms with Crippen molar-refractivity contribution in [3.05, 3.63) is 54.1 Å². The number of amides is 2. The summed E-state index contributed by atoms with van der Waals surface area (Å²) in [5.74, 6) is -0.415. The third-order valence-corrected chi connectivity index (χ3v) is 5.07. The zero-order valence-electron chi connectivity index (χ0n) is 17.3. The number of anilines is 2. The summed E-state index contributed by atoms with van der Waals surface area (Å²) in [5, 5.41) is 11.6. The minimum atomic E-state index is -1.01. The van der Waals surface area contributed by atoms with E-state index >= 15 is 0 Å². The molecule has 2 aliphatic carbocycles. The summed E-state index contributed by atoms with van der Waals surface area (Å²) < 4.78 is 0. The highest BCUT2D eigenvalue weighted by Gasteiger charge is 2.30. The van der Waals surface area contributed by atoms with Gasteiger partial charge in [0.05, 0.1) is 29.5 Å². The van der Waals surface area contributed by atoms with E-state index in [1.165, 1.54) is 12.5 Å². The lowest BCUT2D eigenvalue weighted by molar-refractivity contribution is -0.121. The Balaban J connectivity index is 1.56. The molecule has 2 saturated carbocycles. The van der Waals surface area contributed by atoms with Crippen molar-refractivity contribution in [2.45, 2.75) is 43.7 Å². The molecule has 2 fully saturated rings. The van der Waals surface area contributed by atoms with Crippen LogP contribution in [0.5, 0.6) is 0 Å². The van der Waals surface area contributed by atoms with E-state index in [1.807, 2.05) is 12.1 Å². The van der Waals surface area contributed by atoms with Gasteiger partial charge in [-0.2, -0.15) is 0 Å². The zero-order valence-corrected chi connectivity index (χ0v) is 17.3. The first-order valence-corrected chi connectivity index (χ1v) is 10.3. The molecule has 0 aliphatic heterocycles. The van der Waals surface area contributed by atoms with E-state index in [-0.39, 0.29) is 23.3 Å². The fraction of sp³-hybridized carbons (Fsp3) is 0.381. The number of pyridine rings is 1. The standard InChI is InChI=1S/C21H26N8O2/c1-23-10-17(18(22)20(30)27-13-4-5-13)29-21(31)19-16(26-14-8-24-11-25-9-14)7-6-15(28-19)12-2-3-12/h6-13,18,23,26H,2-5,22H2,1H3,(H,27,30)(H,29,31)/b17-10+. The van der Waals surface area contributed by atoms with Gasteiger partial charge in [0, 0.05) is 30.9 Å². The van der Waals surface area contributed by atoms with Gasteiger partial charge in [0.2, 0.25) is 5.91 Å². The van der Waals surface area contributed by atoms with Crippen molar-refractivity contribution in [1.82, 2.24) is 30.9 Å². The van der Waals surface area contributed by atoms with Crippen LogP contribution in [0, 0.1) is 0 Å². The highest BCUT2D eigenvalue weighted by molar-refractivity contribution is 6.00. The van der Waals surface area contributed by atoms with E-state index in [2.05, 4.69) is 36.2 Å². The molecule has 2 aromatic heterocycles. The maximum absolute atomic E-state index is 13.2. The largest absolute Gasteiger partial charge is 0.393 e. The second kappa shape index (κ2) is 9.09. The Kier molecular flexibility index (Phi) is 6.08. The zero-order chi connectivity index (χ0) is 21.8. The van der Waals surface area contributed by atoms with Gasteiger partial charge in [-0.1, -0.05) is 0 Å². The summed E-state index contributed by atoms with van der Waals surface area (Å²) in [6, 6.07) is 2.90. The van der Waals surface area contributed by atoms with Gasteiger partial charge in [0.1, 0.15) is 12.4 Å². The van der Waals surface area contributed by atoms with Crippen LogP contribution < -0.4 is 27.0 Å². The van der Waals surface area contributed by atoms with Crippen LogP contribution in [-0.4, -0.2) is 45.9 Å². The molecule has 2 aromatic rings. The van der Waals surface area contributed by atoms with Crippen molar-refractivity contribution in [3.63, 3.8) is 0 Å². The second-order valence-corrected chi connectivity index (χ2v) is 7.76. The van der Waals surface area contributed by atoms with Crippen LogP contribution in [-0.2, 0) is 4.79 Å². The topological polar surface area (TPSA) is 147 Å². The van der Waals surface area contributed by atoms with Crippen LogP contribution in [0.4, 0.5) is 11.4 Å². The van der Waals surface area contributed by atoms with E-state index in [4.69, 9.17) is 5.73 Å². The van der Waals surface area contributed by atoms with Crippen LogP contribution in [0.3, 0.4) is 0 Å². The minimum absolute atomic E-state index is 0.172. The van der Waals surface area contributed by atoms with Crippen molar-refractivity contribution < 1.29 is 9.59 Å². The van der Waals surface area contributed by atoms with Gasteiger partial charge in [-0.15, -0.1) is 0 Å². The highest BCUT2D eigenvalue weighted by Crippen LogP contribution is 2.39. The van der Waals surface area contributed by atoms with E-state index < -0.39 is 11.9 Å². The molecule has 0 radical (unpaired) electrons. The van der Waals surface area contributed by atoms with Crippen LogP contribution >= 0.6 is 0 Å². The predicted octanol–water partition coefficient (Wildman–Crippen LogP) is 0.889. The molecule has 0 bridgehead atoms. The normalized spacial score (nSPS) is 16.9. The summed E-state index contributed by atoms with van der Waals surface area (Å²) in [4.78, 5) is 38.2. The first kappa shape index (κ1) is 20.7. The summed E-state index contributed by atoms with van der Waals surface area (Å²) >= 11 is 0. The van der Waals surface area contributed by atoms with Gasteiger partial charge >= 0.3 is 0 Å². The molecule has 1 atom stereocenters. The van der Waals surface area contributed by atoms with Gasteiger partial charge in [0.25, 0.3) is 5.91 Å². The molecular formula is C21H26N8O2. The number of nitrogens with two attached hydrogens (primary N) is 1. The predicted molar refractivity (Wildman–Crippen MR) is 115 cm³/mol. The molecule has 4 rings (SSSR count). The van der Waals surface area contributed by atoms with Crippen molar-refractivity contribution in [2.24, 2.45) is 5.73 Å². The van der Waals surface area contributed by atoms with Gasteiger partial charge in [-0.25, -0.2) is 15.0 Å². The first-order valence-electron chi connectivity index (χ1n) is 10.3. The van der Waals surface area contributed by atoms with E-state index in [0.29, 0.717) is 17.3 Å². The summed E-state index contributed by atoms with van der Waals surface area (Å²) in [6.07, 6.45) is 10.2. The van der Waals surface area contributed by atoms with Crippen LogP contribution in [0.1, 0.15) is 47.8 Å². The van der Waals surface area contributed by atoms with Gasteiger partial charge in [0.15, 0.2) is 5.69 Å². The maximum atomic E-state index is 13.2. The third kappa shape index (κ3) is 5.34. The Bertz CT molecular complexity index is 986. The molecular weight excluding hydrogens is 396 g/mol. The summed E-state index contributed by atoms with van der Waals surface area (Å²) in [5.41, 5.74) is 8.60. The van der Waals surface area contributed by atoms with Gasteiger partial charge < -0.3 is 27.0 Å². The Labute approximate surface area is 180 Å². The molecule has 0 spiro atoms. The number of carbonyl (C=O) groups excluding carboxylic acids is 2. The monoisotopic (exact) mass is 422 g/mol. The maximum Gasteiger partial charge on any atom is 0.276 e. The number of carbonyl (C=O) groups is 2. The summed E-state index contributed by atoms with van der Waals surface area (Å²) in [7, 11) is 1.67. The molecule has 2 heterocycles. The van der Waals surface area contributed by atoms with Crippen molar-refractivity contribution in [2.75, 3.05) is 12.4 Å². The Morgan fingerprint density at radius 2 is 1.90 bits per heavy atom. The lowest BCUT2D eigenvalue weighted by Crippen LogP contribution is -2.47. The quantitative estimate of drug-likeness (QED) is 0.400. The van der Waals surface area contributed by atoms with Gasteiger partial charge in [-0.3, -0.25) is 9.59 Å². The minimum Gasteiger partial charge on any atom is -0.393 e. The second-order valence-electron chi connectivity index (χ2n) is 7.76. The van der Waals surface area contributed by atoms with E-state index in [1.54, 1.807) is 19.4 Å². The van der Waals surface area contributed by atoms with Crippen LogP contribution in [0.2, 0.25) is 0 Å². The number of nitrogens with one attached hydrogen (secondary N) is 4. The molecule has 0 aromatic carbocycles. The smallest absolute Gasteiger partial charge is 0.276 e. The molecule has 0 saturated heterocycles. The van der Waals surface area contributed by atoms with Crippen LogP contribution in [0.25, 0.3) is 0 Å². The highest BCUT2D eigenvalue weighted by atomic mass is 16.2. The number of hydrogen-bond acceptors (Lipinski definition) is 8. The molecule has 6 N–H and O–H groups in total. The van der Waals surface area contributed by atoms with Crippen LogP contribution in [0.15, 0.2) is 42.8 Å². The number of aromatic nitrogens is 3. The first-order chi connectivity index (χ1) is 15.0. The van der Waals surface area contributed by atoms with Crippen molar-refractivity contribution in [3.8, 4) is 0 Å². The molecule has 2 amide bonds. The molecule has 31 heavy (non-hydrogen) atoms. The van der Waals surface area contributed by atoms with Crippen molar-refractivity contribution >= 4 is 23.2 Å². The van der Waals surface area contributed by atoms with Gasteiger partial charge in [-0.05, 0) is 37.8 Å². The Morgan fingerprint density at radius 3 is 2.55 bits per heavy atom. The molecule has 1 unspecified atom stereocenters. The van der Waals surface area contributed by atoms with Crippen molar-refractivity contribution in [1.29, 1.82) is 0 Å². The third-order valence-electron chi connectivity index (χ3n) is 5.07. The average Bonchev–Trinajstić information content (AvgIpc) is 3.68. The summed E-state index contributed by atoms with van der Waals surface area (Å²) in [6.45, 7) is 0.